The molecular formula is C13H26Si2. The van der Waals surface area contributed by atoms with Gasteiger partial charge in [0.1, 0.15) is 0 Å². The van der Waals surface area contributed by atoms with Crippen molar-refractivity contribution < 1.29 is 0 Å². The van der Waals surface area contributed by atoms with Gasteiger partial charge in [0.25, 0.3) is 0 Å². The van der Waals surface area contributed by atoms with E-state index in [2.05, 4.69) is 50.7 Å². The summed E-state index contributed by atoms with van der Waals surface area (Å²) in [6, 6.07) is 0. The van der Waals surface area contributed by atoms with E-state index in [0.29, 0.717) is 0 Å². The average molecular weight is 239 g/mol. The van der Waals surface area contributed by atoms with Crippen LogP contribution in [0.5, 0.6) is 0 Å². The minimum Gasteiger partial charge on any atom is -0.0916 e. The molecule has 0 radical (unpaired) electrons. The Bertz CT molecular complexity index is 255. The molecule has 1 rings (SSSR count). The third kappa shape index (κ3) is 4.98. The van der Waals surface area contributed by atoms with Crippen LogP contribution in [-0.2, 0) is 0 Å². The van der Waals surface area contributed by atoms with Crippen LogP contribution in [-0.4, -0.2) is 16.1 Å². The molecule has 0 heterocycles. The highest BCUT2D eigenvalue weighted by Crippen LogP contribution is 2.32. The molecule has 0 spiro atoms. The fourth-order valence-electron chi connectivity index (χ4n) is 2.17. The third-order valence-corrected chi connectivity index (χ3v) is 4.95. The second-order valence-corrected chi connectivity index (χ2v) is 17.0. The van der Waals surface area contributed by atoms with Crippen molar-refractivity contribution in [3.05, 3.63) is 22.5 Å². The van der Waals surface area contributed by atoms with Crippen LogP contribution in [0.25, 0.3) is 0 Å². The molecule has 1 aliphatic carbocycles. The molecule has 0 unspecified atom stereocenters. The summed E-state index contributed by atoms with van der Waals surface area (Å²) in [4.78, 5) is 0. The summed E-state index contributed by atoms with van der Waals surface area (Å²) in [5.41, 5.74) is 8.62. The summed E-state index contributed by atoms with van der Waals surface area (Å²) in [6.45, 7) is 14.6. The standard InChI is InChI=1S/C13H26Si2/c1-14(2,3)10-12-8-7-9-13(12)11-15(4,5)6/h10-11H,7-9H2,1-6H3/b12-10-,13-11+. The van der Waals surface area contributed by atoms with Crippen LogP contribution in [0.4, 0.5) is 0 Å². The monoisotopic (exact) mass is 238 g/mol. The van der Waals surface area contributed by atoms with Gasteiger partial charge in [-0.1, -0.05) is 61.8 Å². The fourth-order valence-corrected chi connectivity index (χ4v) is 4.92. The molecule has 0 aliphatic heterocycles. The number of hydrogen-bond acceptors (Lipinski definition) is 0. The lowest BCUT2D eigenvalue weighted by atomic mass is 10.2. The molecule has 0 bridgehead atoms. The first-order chi connectivity index (χ1) is 6.67. The Morgan fingerprint density at radius 3 is 1.33 bits per heavy atom. The molecule has 86 valence electrons. The van der Waals surface area contributed by atoms with Gasteiger partial charge in [0.2, 0.25) is 0 Å². The highest BCUT2D eigenvalue weighted by Gasteiger charge is 2.20. The minimum atomic E-state index is -1.03. The minimum absolute atomic E-state index is 1.03. The molecule has 0 atom stereocenters. The van der Waals surface area contributed by atoms with Gasteiger partial charge >= 0.3 is 0 Å². The van der Waals surface area contributed by atoms with Crippen molar-refractivity contribution in [2.45, 2.75) is 58.5 Å². The van der Waals surface area contributed by atoms with E-state index in [9.17, 15) is 0 Å². The van der Waals surface area contributed by atoms with E-state index in [4.69, 9.17) is 0 Å². The topological polar surface area (TPSA) is 0 Å². The molecule has 0 N–H and O–H groups in total. The molecule has 0 aromatic heterocycles. The van der Waals surface area contributed by atoms with E-state index in [1.807, 2.05) is 0 Å². The Hall–Kier alpha value is -0.0862. The Morgan fingerprint density at radius 1 is 0.733 bits per heavy atom. The summed E-state index contributed by atoms with van der Waals surface area (Å²) in [7, 11) is -2.05. The lowest BCUT2D eigenvalue weighted by molar-refractivity contribution is 0.933. The maximum Gasteiger partial charge on any atom is 0.0690 e. The van der Waals surface area contributed by atoms with Crippen molar-refractivity contribution in [2.24, 2.45) is 0 Å². The van der Waals surface area contributed by atoms with E-state index in [1.54, 1.807) is 11.1 Å². The van der Waals surface area contributed by atoms with Crippen LogP contribution in [0.1, 0.15) is 19.3 Å². The predicted octanol–water partition coefficient (Wildman–Crippen LogP) is 4.78. The Balaban J connectivity index is 2.92. The van der Waals surface area contributed by atoms with E-state index < -0.39 is 16.1 Å². The van der Waals surface area contributed by atoms with Crippen LogP contribution < -0.4 is 0 Å². The summed E-state index contributed by atoms with van der Waals surface area (Å²) in [5.74, 6) is 0. The molecule has 0 aromatic rings. The molecule has 0 aromatic carbocycles. The summed E-state index contributed by atoms with van der Waals surface area (Å²) in [6.07, 6.45) is 4.05. The Kier molecular flexibility index (Phi) is 3.82. The van der Waals surface area contributed by atoms with E-state index in [-0.39, 0.29) is 0 Å². The van der Waals surface area contributed by atoms with Crippen LogP contribution in [0.2, 0.25) is 39.3 Å². The van der Waals surface area contributed by atoms with Crippen LogP contribution >= 0.6 is 0 Å². The largest absolute Gasteiger partial charge is 0.0916 e. The number of rotatable bonds is 2. The van der Waals surface area contributed by atoms with Gasteiger partial charge in [-0.3, -0.25) is 0 Å². The lowest BCUT2D eigenvalue weighted by Gasteiger charge is -2.15. The molecular weight excluding hydrogens is 212 g/mol. The van der Waals surface area contributed by atoms with Crippen molar-refractivity contribution in [2.75, 3.05) is 0 Å². The quantitative estimate of drug-likeness (QED) is 0.608. The zero-order chi connectivity index (χ0) is 11.7. The van der Waals surface area contributed by atoms with E-state index in [1.165, 1.54) is 19.3 Å². The molecule has 0 saturated heterocycles. The van der Waals surface area contributed by atoms with Gasteiger partial charge in [-0.25, -0.2) is 0 Å². The molecule has 1 aliphatic rings. The Morgan fingerprint density at radius 2 is 1.07 bits per heavy atom. The van der Waals surface area contributed by atoms with Gasteiger partial charge in [0.05, 0.1) is 16.1 Å². The first kappa shape index (κ1) is 13.0. The second kappa shape index (κ2) is 4.42. The van der Waals surface area contributed by atoms with Gasteiger partial charge in [0, 0.05) is 0 Å². The second-order valence-electron chi connectivity index (χ2n) is 6.92. The maximum atomic E-state index is 2.62. The normalized spacial score (nSPS) is 24.1. The van der Waals surface area contributed by atoms with Crippen molar-refractivity contribution in [1.82, 2.24) is 0 Å². The van der Waals surface area contributed by atoms with Gasteiger partial charge in [-0.15, -0.1) is 0 Å². The maximum absolute atomic E-state index is 2.62. The average Bonchev–Trinajstić information content (AvgIpc) is 2.29. The Labute approximate surface area is 97.5 Å². The molecule has 0 amide bonds. The third-order valence-electron chi connectivity index (χ3n) is 2.52. The number of allylic oxidation sites excluding steroid dienone is 2. The molecule has 1 saturated carbocycles. The lowest BCUT2D eigenvalue weighted by Crippen LogP contribution is -2.19. The van der Waals surface area contributed by atoms with Crippen molar-refractivity contribution in [3.8, 4) is 0 Å². The van der Waals surface area contributed by atoms with Crippen molar-refractivity contribution in [1.29, 1.82) is 0 Å². The predicted molar refractivity (Wildman–Crippen MR) is 76.7 cm³/mol. The van der Waals surface area contributed by atoms with Crippen LogP contribution in [0.15, 0.2) is 22.5 Å². The van der Waals surface area contributed by atoms with Gasteiger partial charge in [-0.2, -0.15) is 0 Å². The van der Waals surface area contributed by atoms with Gasteiger partial charge < -0.3 is 0 Å². The van der Waals surface area contributed by atoms with E-state index in [0.717, 1.165) is 0 Å². The van der Waals surface area contributed by atoms with Crippen molar-refractivity contribution in [3.63, 3.8) is 0 Å². The molecule has 0 nitrogen and oxygen atoms in total. The zero-order valence-corrected chi connectivity index (χ0v) is 13.3. The smallest absolute Gasteiger partial charge is 0.0690 e. The molecule has 2 heteroatoms. The van der Waals surface area contributed by atoms with Crippen molar-refractivity contribution >= 4 is 16.1 Å². The number of hydrogen-bond donors (Lipinski definition) is 0. The molecule has 15 heavy (non-hydrogen) atoms. The first-order valence-electron chi connectivity index (χ1n) is 6.11. The summed E-state index contributed by atoms with van der Waals surface area (Å²) in [5, 5.41) is 0. The molecule has 1 fully saturated rings. The fraction of sp³-hybridized carbons (Fsp3) is 0.692. The SMILES string of the molecule is C[Si](C)(C)/C=C1/CCC/C1=C\[Si](C)(C)C. The summed E-state index contributed by atoms with van der Waals surface area (Å²) < 4.78 is 0. The first-order valence-corrected chi connectivity index (χ1v) is 13.3. The van der Waals surface area contributed by atoms with E-state index >= 15 is 0 Å². The van der Waals surface area contributed by atoms with Crippen LogP contribution in [0, 0.1) is 0 Å². The zero-order valence-electron chi connectivity index (χ0n) is 11.3. The highest BCUT2D eigenvalue weighted by molar-refractivity contribution is 6.82. The van der Waals surface area contributed by atoms with Gasteiger partial charge in [0.15, 0.2) is 0 Å². The van der Waals surface area contributed by atoms with Gasteiger partial charge in [-0.05, 0) is 19.3 Å². The highest BCUT2D eigenvalue weighted by atomic mass is 28.3. The summed E-state index contributed by atoms with van der Waals surface area (Å²) >= 11 is 0. The van der Waals surface area contributed by atoms with Crippen LogP contribution in [0.3, 0.4) is 0 Å².